The van der Waals surface area contributed by atoms with Gasteiger partial charge in [-0.05, 0) is 24.8 Å². The molecule has 0 bridgehead atoms. The van der Waals surface area contributed by atoms with E-state index in [1.165, 1.54) is 0 Å². The molecular weight excluding hydrogens is 393 g/mol. The Morgan fingerprint density at radius 1 is 1.27 bits per heavy atom. The monoisotopic (exact) mass is 417 g/mol. The highest BCUT2D eigenvalue weighted by molar-refractivity contribution is 14.0. The molecule has 0 amide bonds. The number of nitrogens with zero attached hydrogens (tertiary/aromatic N) is 1. The standard InChI is InChI=1S/C16H23N3O2.HI/c20-15(21-13-14-7-2-1-3-8-14)9-4-5-10-17-16-18-11-6-12-19-16;/h1-3,7-8H,4-6,9-13H2,(H2,17,18,19);1H. The number of nitrogens with one attached hydrogen (secondary N) is 2. The van der Waals surface area contributed by atoms with Crippen LogP contribution in [-0.4, -0.2) is 31.6 Å². The molecule has 0 aliphatic carbocycles. The SMILES string of the molecule is I.O=C(CCCCNC1=NCCCN1)OCc1ccccc1. The fourth-order valence-electron chi connectivity index (χ4n) is 2.06. The third-order valence-electron chi connectivity index (χ3n) is 3.24. The molecular formula is C16H24IN3O2. The summed E-state index contributed by atoms with van der Waals surface area (Å²) in [5.41, 5.74) is 1.02. The van der Waals surface area contributed by atoms with E-state index in [0.717, 1.165) is 50.4 Å². The lowest BCUT2D eigenvalue weighted by atomic mass is 10.2. The van der Waals surface area contributed by atoms with Crippen LogP contribution in [0, 0.1) is 0 Å². The summed E-state index contributed by atoms with van der Waals surface area (Å²) < 4.78 is 5.23. The van der Waals surface area contributed by atoms with Crippen LogP contribution >= 0.6 is 24.0 Å². The van der Waals surface area contributed by atoms with Gasteiger partial charge in [-0.3, -0.25) is 9.79 Å². The minimum atomic E-state index is -0.132. The lowest BCUT2D eigenvalue weighted by Gasteiger charge is -2.15. The molecule has 0 saturated carbocycles. The van der Waals surface area contributed by atoms with Crippen molar-refractivity contribution in [3.8, 4) is 0 Å². The Morgan fingerprint density at radius 2 is 2.09 bits per heavy atom. The van der Waals surface area contributed by atoms with Crippen LogP contribution in [0.4, 0.5) is 0 Å². The molecule has 0 saturated heterocycles. The summed E-state index contributed by atoms with van der Waals surface area (Å²) in [6, 6.07) is 9.74. The molecule has 0 unspecified atom stereocenters. The Kier molecular flexibility index (Phi) is 9.61. The van der Waals surface area contributed by atoms with Gasteiger partial charge in [-0.25, -0.2) is 0 Å². The number of aliphatic imine (C=N–C) groups is 1. The second kappa shape index (κ2) is 11.3. The van der Waals surface area contributed by atoms with Crippen molar-refractivity contribution in [2.24, 2.45) is 4.99 Å². The number of rotatable bonds is 7. The quantitative estimate of drug-likeness (QED) is 0.407. The number of ether oxygens (including phenoxy) is 1. The summed E-state index contributed by atoms with van der Waals surface area (Å²) in [7, 11) is 0. The highest BCUT2D eigenvalue weighted by Crippen LogP contribution is 2.03. The number of esters is 1. The van der Waals surface area contributed by atoms with Crippen molar-refractivity contribution in [1.29, 1.82) is 0 Å². The number of hydrogen-bond acceptors (Lipinski definition) is 5. The zero-order valence-electron chi connectivity index (χ0n) is 12.7. The van der Waals surface area contributed by atoms with Crippen molar-refractivity contribution in [3.63, 3.8) is 0 Å². The second-order valence-electron chi connectivity index (χ2n) is 5.04. The van der Waals surface area contributed by atoms with Crippen LogP contribution in [0.1, 0.15) is 31.2 Å². The lowest BCUT2D eigenvalue weighted by Crippen LogP contribution is -2.41. The maximum Gasteiger partial charge on any atom is 0.306 e. The van der Waals surface area contributed by atoms with E-state index in [-0.39, 0.29) is 29.9 Å². The summed E-state index contributed by atoms with van der Waals surface area (Å²) in [5, 5.41) is 6.44. The Hall–Kier alpha value is -1.31. The van der Waals surface area contributed by atoms with Gasteiger partial charge < -0.3 is 15.4 Å². The first-order chi connectivity index (χ1) is 10.3. The molecule has 0 spiro atoms. The first-order valence-corrected chi connectivity index (χ1v) is 7.56. The molecule has 1 aliphatic heterocycles. The highest BCUT2D eigenvalue weighted by atomic mass is 127. The molecule has 0 atom stereocenters. The van der Waals surface area contributed by atoms with E-state index in [9.17, 15) is 4.79 Å². The predicted molar refractivity (Wildman–Crippen MR) is 98.4 cm³/mol. The lowest BCUT2D eigenvalue weighted by molar-refractivity contribution is -0.145. The highest BCUT2D eigenvalue weighted by Gasteiger charge is 2.05. The molecule has 0 fully saturated rings. The zero-order valence-corrected chi connectivity index (χ0v) is 15.0. The molecule has 22 heavy (non-hydrogen) atoms. The van der Waals surface area contributed by atoms with Gasteiger partial charge in [0.05, 0.1) is 0 Å². The molecule has 6 heteroatoms. The third-order valence-corrected chi connectivity index (χ3v) is 3.24. The van der Waals surface area contributed by atoms with Gasteiger partial charge in [0.25, 0.3) is 0 Å². The minimum Gasteiger partial charge on any atom is -0.461 e. The smallest absolute Gasteiger partial charge is 0.306 e. The number of hydrogen-bond donors (Lipinski definition) is 2. The number of carbonyl (C=O) groups excluding carboxylic acids is 1. The maximum absolute atomic E-state index is 11.6. The Bertz CT molecular complexity index is 466. The summed E-state index contributed by atoms with van der Waals surface area (Å²) in [4.78, 5) is 15.9. The van der Waals surface area contributed by atoms with Gasteiger partial charge in [-0.15, -0.1) is 24.0 Å². The van der Waals surface area contributed by atoms with Gasteiger partial charge >= 0.3 is 5.97 Å². The zero-order chi connectivity index (χ0) is 14.8. The molecule has 0 radical (unpaired) electrons. The summed E-state index contributed by atoms with van der Waals surface area (Å²) >= 11 is 0. The largest absolute Gasteiger partial charge is 0.461 e. The van der Waals surface area contributed by atoms with Crippen LogP contribution in [0.5, 0.6) is 0 Å². The summed E-state index contributed by atoms with van der Waals surface area (Å²) in [5.74, 6) is 0.750. The first-order valence-electron chi connectivity index (χ1n) is 7.56. The van der Waals surface area contributed by atoms with E-state index in [2.05, 4.69) is 15.6 Å². The predicted octanol–water partition coefficient (Wildman–Crippen LogP) is 2.46. The van der Waals surface area contributed by atoms with Gasteiger partial charge in [-0.1, -0.05) is 30.3 Å². The van der Waals surface area contributed by atoms with Crippen LogP contribution in [0.15, 0.2) is 35.3 Å². The van der Waals surface area contributed by atoms with E-state index >= 15 is 0 Å². The number of carbonyl (C=O) groups is 1. The normalized spacial score (nSPS) is 13.4. The summed E-state index contributed by atoms with van der Waals surface area (Å²) in [6.07, 6.45) is 3.32. The molecule has 2 N–H and O–H groups in total. The Morgan fingerprint density at radius 3 is 2.82 bits per heavy atom. The molecule has 1 aromatic rings. The van der Waals surface area contributed by atoms with Crippen molar-refractivity contribution in [2.75, 3.05) is 19.6 Å². The molecule has 2 rings (SSSR count). The van der Waals surface area contributed by atoms with Crippen molar-refractivity contribution in [3.05, 3.63) is 35.9 Å². The van der Waals surface area contributed by atoms with Gasteiger partial charge in [0, 0.05) is 26.1 Å². The molecule has 122 valence electrons. The third kappa shape index (κ3) is 7.63. The van der Waals surface area contributed by atoms with E-state index in [4.69, 9.17) is 4.74 Å². The molecule has 1 heterocycles. The minimum absolute atomic E-state index is 0. The Labute approximate surface area is 148 Å². The number of unbranched alkanes of at least 4 members (excludes halogenated alkanes) is 1. The fraction of sp³-hybridized carbons (Fsp3) is 0.500. The van der Waals surface area contributed by atoms with E-state index < -0.39 is 0 Å². The van der Waals surface area contributed by atoms with E-state index in [1.807, 2.05) is 30.3 Å². The van der Waals surface area contributed by atoms with Gasteiger partial charge in [0.15, 0.2) is 5.96 Å². The van der Waals surface area contributed by atoms with Gasteiger partial charge in [-0.2, -0.15) is 0 Å². The van der Waals surface area contributed by atoms with E-state index in [1.54, 1.807) is 0 Å². The van der Waals surface area contributed by atoms with Crippen LogP contribution in [0.3, 0.4) is 0 Å². The summed E-state index contributed by atoms with van der Waals surface area (Å²) in [6.45, 7) is 3.06. The van der Waals surface area contributed by atoms with Crippen LogP contribution in [-0.2, 0) is 16.1 Å². The van der Waals surface area contributed by atoms with Crippen LogP contribution < -0.4 is 10.6 Å². The molecule has 5 nitrogen and oxygen atoms in total. The van der Waals surface area contributed by atoms with Crippen molar-refractivity contribution in [2.45, 2.75) is 32.3 Å². The average molecular weight is 417 g/mol. The molecule has 1 aromatic carbocycles. The number of benzene rings is 1. The molecule has 1 aliphatic rings. The van der Waals surface area contributed by atoms with Gasteiger partial charge in [0.1, 0.15) is 6.61 Å². The van der Waals surface area contributed by atoms with Crippen molar-refractivity contribution < 1.29 is 9.53 Å². The maximum atomic E-state index is 11.6. The Balaban J connectivity index is 0.00000242. The average Bonchev–Trinajstić information content (AvgIpc) is 2.54. The van der Waals surface area contributed by atoms with E-state index in [0.29, 0.717) is 13.0 Å². The second-order valence-corrected chi connectivity index (χ2v) is 5.04. The number of halogens is 1. The van der Waals surface area contributed by atoms with Crippen molar-refractivity contribution in [1.82, 2.24) is 10.6 Å². The van der Waals surface area contributed by atoms with Gasteiger partial charge in [0.2, 0.25) is 0 Å². The fourth-order valence-corrected chi connectivity index (χ4v) is 2.06. The molecule has 0 aromatic heterocycles. The van der Waals surface area contributed by atoms with Crippen LogP contribution in [0.25, 0.3) is 0 Å². The van der Waals surface area contributed by atoms with Crippen molar-refractivity contribution >= 4 is 35.9 Å². The number of guanidine groups is 1. The first kappa shape index (κ1) is 18.7. The topological polar surface area (TPSA) is 62.7 Å². The van der Waals surface area contributed by atoms with Crippen LogP contribution in [0.2, 0.25) is 0 Å².